The van der Waals surface area contributed by atoms with Crippen LogP contribution in [0.4, 0.5) is 0 Å². The van der Waals surface area contributed by atoms with Gasteiger partial charge < -0.3 is 15.3 Å². The van der Waals surface area contributed by atoms with Crippen LogP contribution >= 0.6 is 0 Å². The van der Waals surface area contributed by atoms with Gasteiger partial charge in [-0.05, 0) is 6.92 Å². The van der Waals surface area contributed by atoms with Crippen LogP contribution in [-0.2, 0) is 14.3 Å². The molecule has 19 heavy (non-hydrogen) atoms. The standard InChI is InChI=1S/C5H8O2.C3H6.C2H4O2.4CH4.H2O/c1-3-4-7-5(2)6;1-3-2;1-2(3)4;;;;;/h3H,1,4H2,2H3;3H,1H2,2H3;1H3,(H,3,4);4*1H4;1H2. The van der Waals surface area contributed by atoms with Gasteiger partial charge in [0.25, 0.3) is 5.97 Å². The van der Waals surface area contributed by atoms with Crippen molar-refractivity contribution in [2.24, 2.45) is 0 Å². The SMILES string of the molecule is C.C.C.C.C=CC.C=CCOC(C)=O.CC(=O)O.O. The molecule has 0 bridgehead atoms. The molecular weight excluding hydrogens is 248 g/mol. The third-order valence-corrected chi connectivity index (χ3v) is 0.404. The summed E-state index contributed by atoms with van der Waals surface area (Å²) in [4.78, 5) is 18.9. The molecular formula is C14H36O5. The number of carboxylic acid groups (broad SMARTS) is 1. The smallest absolute Gasteiger partial charge is 0.302 e. The van der Waals surface area contributed by atoms with E-state index in [-0.39, 0.29) is 41.2 Å². The second kappa shape index (κ2) is 55.2. The minimum absolute atomic E-state index is 0. The van der Waals surface area contributed by atoms with Crippen LogP contribution < -0.4 is 0 Å². The molecule has 0 rings (SSSR count). The lowest BCUT2D eigenvalue weighted by atomic mass is 10.7. The maximum absolute atomic E-state index is 9.93. The van der Waals surface area contributed by atoms with Crippen LogP contribution in [0.15, 0.2) is 25.3 Å². The first-order chi connectivity index (χ1) is 6.42. The Bertz CT molecular complexity index is 173. The van der Waals surface area contributed by atoms with E-state index >= 15 is 0 Å². The van der Waals surface area contributed by atoms with Crippen molar-refractivity contribution in [3.8, 4) is 0 Å². The minimum Gasteiger partial charge on any atom is -0.481 e. The summed E-state index contributed by atoms with van der Waals surface area (Å²) in [6.45, 7) is 11.4. The van der Waals surface area contributed by atoms with Gasteiger partial charge in [-0.15, -0.1) is 6.58 Å². The molecule has 0 aromatic heterocycles. The molecule has 5 nitrogen and oxygen atoms in total. The largest absolute Gasteiger partial charge is 0.481 e. The first-order valence-corrected chi connectivity index (χ1v) is 3.93. The van der Waals surface area contributed by atoms with E-state index in [9.17, 15) is 4.79 Å². The van der Waals surface area contributed by atoms with Gasteiger partial charge in [0, 0.05) is 13.8 Å². The minimum atomic E-state index is -0.833. The van der Waals surface area contributed by atoms with Gasteiger partial charge in [-0.25, -0.2) is 0 Å². The molecule has 5 heteroatoms. The number of rotatable bonds is 2. The first-order valence-electron chi connectivity index (χ1n) is 3.93. The van der Waals surface area contributed by atoms with E-state index < -0.39 is 5.97 Å². The van der Waals surface area contributed by atoms with Crippen molar-refractivity contribution >= 4 is 11.9 Å². The Labute approximate surface area is 120 Å². The predicted octanol–water partition coefficient (Wildman–Crippen LogP) is 3.74. The van der Waals surface area contributed by atoms with E-state index in [1.54, 1.807) is 6.08 Å². The maximum atomic E-state index is 9.93. The van der Waals surface area contributed by atoms with Gasteiger partial charge in [-0.2, -0.15) is 0 Å². The molecule has 0 aliphatic rings. The Kier molecular flexibility index (Phi) is 154. The van der Waals surface area contributed by atoms with Crippen LogP contribution in [0.1, 0.15) is 50.5 Å². The molecule has 0 aliphatic carbocycles. The van der Waals surface area contributed by atoms with Crippen LogP contribution in [0, 0.1) is 0 Å². The highest BCUT2D eigenvalue weighted by atomic mass is 16.5. The molecule has 0 aromatic carbocycles. The molecule has 0 atom stereocenters. The number of aliphatic carboxylic acids is 1. The topological polar surface area (TPSA) is 95.1 Å². The fraction of sp³-hybridized carbons (Fsp3) is 0.571. The summed E-state index contributed by atoms with van der Waals surface area (Å²) in [5, 5.41) is 7.42. The van der Waals surface area contributed by atoms with E-state index in [4.69, 9.17) is 9.90 Å². The van der Waals surface area contributed by atoms with Gasteiger partial charge in [0.05, 0.1) is 0 Å². The van der Waals surface area contributed by atoms with Crippen molar-refractivity contribution in [2.75, 3.05) is 6.61 Å². The van der Waals surface area contributed by atoms with E-state index in [2.05, 4.69) is 17.9 Å². The normalized spacial score (nSPS) is 4.79. The molecule has 0 spiro atoms. The zero-order chi connectivity index (χ0) is 12.0. The summed E-state index contributed by atoms with van der Waals surface area (Å²) >= 11 is 0. The highest BCUT2D eigenvalue weighted by molar-refractivity contribution is 5.65. The van der Waals surface area contributed by atoms with Gasteiger partial charge in [0.2, 0.25) is 0 Å². The Morgan fingerprint density at radius 2 is 1.32 bits per heavy atom. The Morgan fingerprint density at radius 3 is 1.37 bits per heavy atom. The lowest BCUT2D eigenvalue weighted by molar-refractivity contribution is -0.139. The molecule has 0 amide bonds. The zero-order valence-corrected chi connectivity index (χ0v) is 9.45. The predicted molar refractivity (Wildman–Crippen MR) is 86.5 cm³/mol. The van der Waals surface area contributed by atoms with Crippen LogP contribution in [-0.4, -0.2) is 29.1 Å². The van der Waals surface area contributed by atoms with Crippen LogP contribution in [0.3, 0.4) is 0 Å². The van der Waals surface area contributed by atoms with Crippen LogP contribution in [0.25, 0.3) is 0 Å². The number of hydrogen-bond donors (Lipinski definition) is 1. The lowest BCUT2D eigenvalue weighted by Crippen LogP contribution is -1.96. The molecule has 0 radical (unpaired) electrons. The summed E-state index contributed by atoms with van der Waals surface area (Å²) in [6, 6.07) is 0. The van der Waals surface area contributed by atoms with Crippen molar-refractivity contribution in [3.63, 3.8) is 0 Å². The van der Waals surface area contributed by atoms with Crippen molar-refractivity contribution in [1.82, 2.24) is 0 Å². The quantitative estimate of drug-likeness (QED) is 0.617. The highest BCUT2D eigenvalue weighted by Crippen LogP contribution is 1.73. The van der Waals surface area contributed by atoms with E-state index in [0.717, 1.165) is 6.92 Å². The van der Waals surface area contributed by atoms with Crippen LogP contribution in [0.5, 0.6) is 0 Å². The number of allylic oxidation sites excluding steroid dienone is 1. The van der Waals surface area contributed by atoms with Crippen LogP contribution in [0.2, 0.25) is 0 Å². The summed E-state index contributed by atoms with van der Waals surface area (Å²) in [7, 11) is 0. The Balaban J connectivity index is -0.0000000151. The van der Waals surface area contributed by atoms with Gasteiger partial charge >= 0.3 is 5.97 Å². The first kappa shape index (κ1) is 53.0. The molecule has 122 valence electrons. The molecule has 0 heterocycles. The summed E-state index contributed by atoms with van der Waals surface area (Å²) in [5.74, 6) is -1.10. The number of ether oxygens (including phenoxy) is 1. The molecule has 0 aliphatic heterocycles. The molecule has 0 saturated carbocycles. The van der Waals surface area contributed by atoms with Gasteiger partial charge in [0.1, 0.15) is 6.61 Å². The van der Waals surface area contributed by atoms with Gasteiger partial charge in [-0.3, -0.25) is 9.59 Å². The molecule has 0 saturated heterocycles. The number of carboxylic acids is 1. The second-order valence-electron chi connectivity index (χ2n) is 2.02. The Hall–Kier alpha value is -1.62. The number of carbonyl (C=O) groups is 2. The third kappa shape index (κ3) is 598. The summed E-state index contributed by atoms with van der Waals surface area (Å²) < 4.78 is 4.43. The average Bonchev–Trinajstić information content (AvgIpc) is 2.01. The average molecular weight is 284 g/mol. The summed E-state index contributed by atoms with van der Waals surface area (Å²) in [5.41, 5.74) is 0. The van der Waals surface area contributed by atoms with Gasteiger partial charge in [0.15, 0.2) is 0 Å². The highest BCUT2D eigenvalue weighted by Gasteiger charge is 1.83. The fourth-order valence-corrected chi connectivity index (χ4v) is 0.176. The lowest BCUT2D eigenvalue weighted by Gasteiger charge is -1.90. The molecule has 3 N–H and O–H groups in total. The van der Waals surface area contributed by atoms with Gasteiger partial charge in [-0.1, -0.05) is 48.4 Å². The van der Waals surface area contributed by atoms with Crippen molar-refractivity contribution in [2.45, 2.75) is 50.5 Å². The third-order valence-electron chi connectivity index (χ3n) is 0.404. The fourth-order valence-electron chi connectivity index (χ4n) is 0.176. The van der Waals surface area contributed by atoms with Crippen molar-refractivity contribution in [1.29, 1.82) is 0 Å². The van der Waals surface area contributed by atoms with Crippen molar-refractivity contribution < 1.29 is 24.9 Å². The van der Waals surface area contributed by atoms with Crippen molar-refractivity contribution in [3.05, 3.63) is 25.3 Å². The number of esters is 1. The molecule has 0 aromatic rings. The zero-order valence-electron chi connectivity index (χ0n) is 9.45. The number of carbonyl (C=O) groups excluding carboxylic acids is 1. The maximum Gasteiger partial charge on any atom is 0.302 e. The van der Waals surface area contributed by atoms with E-state index in [0.29, 0.717) is 6.61 Å². The summed E-state index contributed by atoms with van der Waals surface area (Å²) in [6.07, 6.45) is 3.28. The second-order valence-corrected chi connectivity index (χ2v) is 2.02. The van der Waals surface area contributed by atoms with E-state index in [1.165, 1.54) is 13.0 Å². The molecule has 0 fully saturated rings. The Morgan fingerprint density at radius 1 is 1.11 bits per heavy atom. The van der Waals surface area contributed by atoms with E-state index in [1.807, 2.05) is 6.92 Å². The monoisotopic (exact) mass is 284 g/mol. The number of hydrogen-bond acceptors (Lipinski definition) is 3. The molecule has 0 unspecified atom stereocenters.